The Bertz CT molecular complexity index is 218. The highest BCUT2D eigenvalue weighted by atomic mass is 31.0. The van der Waals surface area contributed by atoms with Crippen LogP contribution in [-0.2, 0) is 6.42 Å². The second-order valence-electron chi connectivity index (χ2n) is 2.77. The number of hydrogen-bond acceptors (Lipinski definition) is 2. The van der Waals surface area contributed by atoms with Crippen molar-refractivity contribution in [3.05, 3.63) is 23.9 Å². The van der Waals surface area contributed by atoms with Crippen LogP contribution in [0.25, 0.3) is 0 Å². The molecule has 3 heteroatoms. The van der Waals surface area contributed by atoms with Crippen LogP contribution in [0.1, 0.15) is 12.5 Å². The van der Waals surface area contributed by atoms with Crippen LogP contribution in [0.2, 0.25) is 0 Å². The Morgan fingerprint density at radius 3 is 2.82 bits per heavy atom. The summed E-state index contributed by atoms with van der Waals surface area (Å²) in [6.07, 6.45) is 2.77. The Hall–Kier alpha value is -0.460. The van der Waals surface area contributed by atoms with E-state index in [2.05, 4.69) is 20.3 Å². The lowest BCUT2D eigenvalue weighted by atomic mass is 10.1. The fourth-order valence-electron chi connectivity index (χ4n) is 0.928. The zero-order chi connectivity index (χ0) is 8.27. The molecule has 2 nitrogen and oxygen atoms in total. The molecule has 0 saturated carbocycles. The molecule has 1 aromatic heterocycles. The van der Waals surface area contributed by atoms with Crippen LogP contribution in [0.5, 0.6) is 0 Å². The number of nitrogens with two attached hydrogens (primary N) is 1. The van der Waals surface area contributed by atoms with E-state index in [0.717, 1.165) is 11.9 Å². The van der Waals surface area contributed by atoms with Crippen LogP contribution in [0.15, 0.2) is 18.3 Å². The van der Waals surface area contributed by atoms with E-state index in [9.17, 15) is 0 Å². The zero-order valence-corrected chi connectivity index (χ0v) is 7.77. The van der Waals surface area contributed by atoms with Crippen molar-refractivity contribution in [2.75, 3.05) is 0 Å². The predicted octanol–water partition coefficient (Wildman–Crippen LogP) is 0.472. The highest BCUT2D eigenvalue weighted by molar-refractivity contribution is 7.26. The van der Waals surface area contributed by atoms with Gasteiger partial charge in [0.25, 0.3) is 0 Å². The molecule has 0 aliphatic heterocycles. The van der Waals surface area contributed by atoms with Gasteiger partial charge in [-0.3, -0.25) is 4.98 Å². The molecule has 2 atom stereocenters. The molecule has 1 heterocycles. The summed E-state index contributed by atoms with van der Waals surface area (Å²) in [5.74, 6) is 0. The lowest BCUT2D eigenvalue weighted by Crippen LogP contribution is -2.18. The Kier molecular flexibility index (Phi) is 2.98. The lowest BCUT2D eigenvalue weighted by Gasteiger charge is -2.03. The van der Waals surface area contributed by atoms with Gasteiger partial charge in [0.2, 0.25) is 0 Å². The Balaban J connectivity index is 2.66. The van der Waals surface area contributed by atoms with E-state index < -0.39 is 0 Å². The van der Waals surface area contributed by atoms with Gasteiger partial charge in [-0.15, -0.1) is 0 Å². The van der Waals surface area contributed by atoms with Gasteiger partial charge in [0.1, 0.15) is 0 Å². The molecule has 0 aliphatic rings. The van der Waals surface area contributed by atoms with Gasteiger partial charge >= 0.3 is 0 Å². The molecular formula is C8H13N2P. The Morgan fingerprint density at radius 2 is 2.36 bits per heavy atom. The molecule has 0 spiro atoms. The summed E-state index contributed by atoms with van der Waals surface area (Å²) in [4.78, 5) is 4.14. The summed E-state index contributed by atoms with van der Waals surface area (Å²) < 4.78 is 0. The molecule has 0 aromatic carbocycles. The van der Waals surface area contributed by atoms with Crippen molar-refractivity contribution < 1.29 is 0 Å². The van der Waals surface area contributed by atoms with Crippen LogP contribution >= 0.6 is 9.24 Å². The summed E-state index contributed by atoms with van der Waals surface area (Å²) in [5.41, 5.74) is 7.80. The largest absolute Gasteiger partial charge is 0.328 e. The number of aromatic nitrogens is 1. The van der Waals surface area contributed by atoms with E-state index in [1.165, 1.54) is 5.56 Å². The number of nitrogens with zero attached hydrogens (tertiary/aromatic N) is 1. The topological polar surface area (TPSA) is 38.9 Å². The fraction of sp³-hybridized carbons (Fsp3) is 0.375. The monoisotopic (exact) mass is 168 g/mol. The summed E-state index contributed by atoms with van der Waals surface area (Å²) in [7, 11) is 2.55. The average molecular weight is 168 g/mol. The maximum Gasteiger partial charge on any atom is 0.0569 e. The SMILES string of the molecule is C[C@H](N)Cc1ccc(P)nc1. The first-order valence-corrected chi connectivity index (χ1v) is 4.22. The zero-order valence-electron chi connectivity index (χ0n) is 6.62. The van der Waals surface area contributed by atoms with Crippen LogP contribution in [0.3, 0.4) is 0 Å². The van der Waals surface area contributed by atoms with Gasteiger partial charge in [0, 0.05) is 12.2 Å². The van der Waals surface area contributed by atoms with E-state index in [0.29, 0.717) is 0 Å². The summed E-state index contributed by atoms with van der Waals surface area (Å²) in [6.45, 7) is 1.99. The van der Waals surface area contributed by atoms with E-state index in [4.69, 9.17) is 5.73 Å². The lowest BCUT2D eigenvalue weighted by molar-refractivity contribution is 0.736. The minimum atomic E-state index is 0.215. The Labute approximate surface area is 69.4 Å². The van der Waals surface area contributed by atoms with Gasteiger partial charge in [-0.05, 0) is 25.0 Å². The predicted molar refractivity (Wildman–Crippen MR) is 50.9 cm³/mol. The number of hydrogen-bond donors (Lipinski definition) is 1. The molecule has 1 rings (SSSR count). The van der Waals surface area contributed by atoms with Crippen molar-refractivity contribution in [2.45, 2.75) is 19.4 Å². The molecule has 0 aliphatic carbocycles. The molecule has 11 heavy (non-hydrogen) atoms. The maximum absolute atomic E-state index is 5.63. The van der Waals surface area contributed by atoms with Crippen molar-refractivity contribution in [1.29, 1.82) is 0 Å². The van der Waals surface area contributed by atoms with E-state index in [-0.39, 0.29) is 6.04 Å². The molecule has 60 valence electrons. The summed E-state index contributed by atoms with van der Waals surface area (Å²) in [5, 5.41) is 0. The van der Waals surface area contributed by atoms with Gasteiger partial charge in [0.15, 0.2) is 0 Å². The van der Waals surface area contributed by atoms with E-state index in [1.54, 1.807) is 0 Å². The molecule has 0 radical (unpaired) electrons. The molecular weight excluding hydrogens is 155 g/mol. The molecule has 0 fully saturated rings. The van der Waals surface area contributed by atoms with Crippen molar-refractivity contribution in [3.63, 3.8) is 0 Å². The van der Waals surface area contributed by atoms with Gasteiger partial charge < -0.3 is 5.73 Å². The minimum absolute atomic E-state index is 0.215. The number of pyridine rings is 1. The van der Waals surface area contributed by atoms with Gasteiger partial charge in [-0.25, -0.2) is 0 Å². The minimum Gasteiger partial charge on any atom is -0.328 e. The average Bonchev–Trinajstić information content (AvgIpc) is 1.93. The molecule has 2 N–H and O–H groups in total. The van der Waals surface area contributed by atoms with E-state index >= 15 is 0 Å². The van der Waals surface area contributed by atoms with Crippen LogP contribution < -0.4 is 11.2 Å². The highest BCUT2D eigenvalue weighted by Gasteiger charge is 1.96. The molecule has 0 amide bonds. The number of rotatable bonds is 2. The van der Waals surface area contributed by atoms with Gasteiger partial charge in [-0.1, -0.05) is 15.3 Å². The van der Waals surface area contributed by atoms with Crippen molar-refractivity contribution >= 4 is 14.7 Å². The third kappa shape index (κ3) is 2.96. The maximum atomic E-state index is 5.63. The normalized spacial score (nSPS) is 13.0. The highest BCUT2D eigenvalue weighted by Crippen LogP contribution is 1.98. The molecule has 1 unspecified atom stereocenters. The van der Waals surface area contributed by atoms with Crippen LogP contribution in [0, 0.1) is 0 Å². The van der Waals surface area contributed by atoms with E-state index in [1.807, 2.05) is 19.2 Å². The first-order chi connectivity index (χ1) is 5.18. The summed E-state index contributed by atoms with van der Waals surface area (Å²) >= 11 is 0. The molecule has 0 bridgehead atoms. The second kappa shape index (κ2) is 3.80. The molecule has 0 saturated heterocycles. The second-order valence-corrected chi connectivity index (χ2v) is 3.36. The van der Waals surface area contributed by atoms with Crippen molar-refractivity contribution in [1.82, 2.24) is 4.98 Å². The third-order valence-corrected chi connectivity index (χ3v) is 1.75. The third-order valence-electron chi connectivity index (χ3n) is 1.41. The fourth-order valence-corrected chi connectivity index (χ4v) is 1.10. The van der Waals surface area contributed by atoms with Gasteiger partial charge in [0.05, 0.1) is 5.44 Å². The van der Waals surface area contributed by atoms with Crippen LogP contribution in [-0.4, -0.2) is 11.0 Å². The van der Waals surface area contributed by atoms with Crippen molar-refractivity contribution in [2.24, 2.45) is 5.73 Å². The van der Waals surface area contributed by atoms with Crippen molar-refractivity contribution in [3.8, 4) is 0 Å². The molecule has 1 aromatic rings. The van der Waals surface area contributed by atoms with Crippen LogP contribution in [0.4, 0.5) is 0 Å². The van der Waals surface area contributed by atoms with Gasteiger partial charge in [-0.2, -0.15) is 0 Å². The standard InChI is InChI=1S/C8H13N2P/c1-6(9)4-7-2-3-8(11)10-5-7/h2-3,5-6H,4,9,11H2,1H3/t6-/m0/s1. The quantitative estimate of drug-likeness (QED) is 0.652. The smallest absolute Gasteiger partial charge is 0.0569 e. The first-order valence-electron chi connectivity index (χ1n) is 3.64. The summed E-state index contributed by atoms with van der Waals surface area (Å²) in [6, 6.07) is 4.24. The Morgan fingerprint density at radius 1 is 1.64 bits per heavy atom. The first kappa shape index (κ1) is 8.63.